The number of rotatable bonds is 3. The molecule has 130 valence electrons. The van der Waals surface area contributed by atoms with Crippen LogP contribution in [0.3, 0.4) is 0 Å². The minimum absolute atomic E-state index is 0.0229. The van der Waals surface area contributed by atoms with Crippen LogP contribution >= 0.6 is 0 Å². The van der Waals surface area contributed by atoms with Crippen LogP contribution in [0.5, 0.6) is 0 Å². The Kier molecular flexibility index (Phi) is 5.04. The zero-order valence-corrected chi connectivity index (χ0v) is 14.4. The molecule has 0 unspecified atom stereocenters. The van der Waals surface area contributed by atoms with Crippen LogP contribution in [0.4, 0.5) is 10.5 Å². The maximum absolute atomic E-state index is 12.8. The van der Waals surface area contributed by atoms with Crippen LogP contribution in [0.1, 0.15) is 18.4 Å². The number of para-hydroxylation sites is 1. The molecule has 3 aliphatic heterocycles. The number of hydrogen-bond acceptors (Lipinski definition) is 3. The molecule has 0 aliphatic carbocycles. The van der Waals surface area contributed by atoms with Gasteiger partial charge in [-0.25, -0.2) is 4.79 Å². The minimum atomic E-state index is -0.0573. The summed E-state index contributed by atoms with van der Waals surface area (Å²) >= 11 is 0. The molecule has 3 aliphatic rings. The molecule has 3 saturated heterocycles. The molecule has 0 radical (unpaired) electrons. The van der Waals surface area contributed by atoms with Crippen LogP contribution in [0.15, 0.2) is 24.3 Å². The standard InChI is InChI=1S/C18H26N4O2/c1-21(2)17(23)9-14-5-3-4-6-16(14)20-18(24)22-12-13-7-8-15(22)11-19-10-13/h3-6,13,15,19H,7-12H2,1-2H3,(H,20,24)/t13-,15+/m0/s1. The molecule has 1 aromatic carbocycles. The van der Waals surface area contributed by atoms with Gasteiger partial charge in [-0.2, -0.15) is 0 Å². The first-order valence-electron chi connectivity index (χ1n) is 8.61. The smallest absolute Gasteiger partial charge is 0.322 e. The van der Waals surface area contributed by atoms with Crippen LogP contribution in [-0.2, 0) is 11.2 Å². The number of nitrogens with one attached hydrogen (secondary N) is 2. The Balaban J connectivity index is 1.71. The highest BCUT2D eigenvalue weighted by Crippen LogP contribution is 2.25. The molecule has 24 heavy (non-hydrogen) atoms. The molecule has 1 aromatic rings. The largest absolute Gasteiger partial charge is 0.349 e. The van der Waals surface area contributed by atoms with Gasteiger partial charge in [0.15, 0.2) is 0 Å². The number of hydrogen-bond donors (Lipinski definition) is 2. The van der Waals surface area contributed by atoms with Gasteiger partial charge in [0.05, 0.1) is 6.42 Å². The molecule has 6 heteroatoms. The highest BCUT2D eigenvalue weighted by molar-refractivity contribution is 5.91. The van der Waals surface area contributed by atoms with Crippen molar-refractivity contribution in [3.63, 3.8) is 0 Å². The monoisotopic (exact) mass is 330 g/mol. The normalized spacial score (nSPS) is 22.8. The molecule has 0 saturated carbocycles. The Morgan fingerprint density at radius 1 is 1.25 bits per heavy atom. The fourth-order valence-electron chi connectivity index (χ4n) is 3.49. The lowest BCUT2D eigenvalue weighted by molar-refractivity contribution is -0.127. The van der Waals surface area contributed by atoms with Gasteiger partial charge < -0.3 is 20.4 Å². The second-order valence-electron chi connectivity index (χ2n) is 6.96. The average Bonchev–Trinajstić information content (AvgIpc) is 2.92. The molecule has 6 nitrogen and oxygen atoms in total. The number of likely N-dealkylation sites (N-methyl/N-ethyl adjacent to an activating group) is 1. The van der Waals surface area contributed by atoms with Crippen molar-refractivity contribution in [2.24, 2.45) is 5.92 Å². The quantitative estimate of drug-likeness (QED) is 0.883. The number of nitrogens with zero attached hydrogens (tertiary/aromatic N) is 2. The number of benzene rings is 1. The van der Waals surface area contributed by atoms with Crippen molar-refractivity contribution in [1.82, 2.24) is 15.1 Å². The second-order valence-corrected chi connectivity index (χ2v) is 6.96. The highest BCUT2D eigenvalue weighted by Gasteiger charge is 2.34. The van der Waals surface area contributed by atoms with Gasteiger partial charge in [-0.1, -0.05) is 18.2 Å². The van der Waals surface area contributed by atoms with Crippen LogP contribution < -0.4 is 10.6 Å². The van der Waals surface area contributed by atoms with E-state index in [-0.39, 0.29) is 24.4 Å². The maximum Gasteiger partial charge on any atom is 0.322 e. The van der Waals surface area contributed by atoms with E-state index in [0.717, 1.165) is 37.3 Å². The summed E-state index contributed by atoms with van der Waals surface area (Å²) in [6.45, 7) is 2.67. The van der Waals surface area contributed by atoms with E-state index in [2.05, 4.69) is 10.6 Å². The van der Waals surface area contributed by atoms with E-state index in [9.17, 15) is 9.59 Å². The van der Waals surface area contributed by atoms with E-state index in [1.165, 1.54) is 6.42 Å². The number of urea groups is 1. The third-order valence-electron chi connectivity index (χ3n) is 4.98. The van der Waals surface area contributed by atoms with Crippen molar-refractivity contribution >= 4 is 17.6 Å². The van der Waals surface area contributed by atoms with E-state index in [4.69, 9.17) is 0 Å². The molecule has 3 amide bonds. The van der Waals surface area contributed by atoms with Gasteiger partial charge in [0.25, 0.3) is 0 Å². The van der Waals surface area contributed by atoms with Crippen molar-refractivity contribution in [3.8, 4) is 0 Å². The topological polar surface area (TPSA) is 64.7 Å². The van der Waals surface area contributed by atoms with Crippen LogP contribution in [0.2, 0.25) is 0 Å². The number of amides is 3. The lowest BCUT2D eigenvalue weighted by atomic mass is 9.95. The van der Waals surface area contributed by atoms with Gasteiger partial charge in [0, 0.05) is 38.9 Å². The van der Waals surface area contributed by atoms with Crippen molar-refractivity contribution in [2.75, 3.05) is 39.0 Å². The minimum Gasteiger partial charge on any atom is -0.349 e. The van der Waals surface area contributed by atoms with Crippen molar-refractivity contribution in [1.29, 1.82) is 0 Å². The lowest BCUT2D eigenvalue weighted by Gasteiger charge is -2.36. The van der Waals surface area contributed by atoms with Gasteiger partial charge in [0.2, 0.25) is 5.91 Å². The number of carbonyl (C=O) groups is 2. The summed E-state index contributed by atoms with van der Waals surface area (Å²) in [4.78, 5) is 28.3. The summed E-state index contributed by atoms with van der Waals surface area (Å²) in [5, 5.41) is 6.46. The van der Waals surface area contributed by atoms with Crippen molar-refractivity contribution in [2.45, 2.75) is 25.3 Å². The summed E-state index contributed by atoms with van der Waals surface area (Å²) in [5.74, 6) is 0.565. The molecule has 0 aromatic heterocycles. The third kappa shape index (κ3) is 3.70. The molecule has 3 fully saturated rings. The van der Waals surface area contributed by atoms with Crippen LogP contribution in [0.25, 0.3) is 0 Å². The Hall–Kier alpha value is -2.08. The van der Waals surface area contributed by atoms with Gasteiger partial charge >= 0.3 is 6.03 Å². The number of fused-ring (bicyclic) bond motifs is 4. The lowest BCUT2D eigenvalue weighted by Crippen LogP contribution is -2.49. The average molecular weight is 330 g/mol. The van der Waals surface area contributed by atoms with Crippen LogP contribution in [0, 0.1) is 5.92 Å². The van der Waals surface area contributed by atoms with Gasteiger partial charge in [-0.05, 0) is 36.9 Å². The van der Waals surface area contributed by atoms with E-state index in [0.29, 0.717) is 5.92 Å². The fourth-order valence-corrected chi connectivity index (χ4v) is 3.49. The van der Waals surface area contributed by atoms with Crippen molar-refractivity contribution in [3.05, 3.63) is 29.8 Å². The Labute approximate surface area is 143 Å². The molecule has 4 rings (SSSR count). The Morgan fingerprint density at radius 2 is 2.04 bits per heavy atom. The first-order chi connectivity index (χ1) is 11.5. The van der Waals surface area contributed by atoms with Crippen LogP contribution in [-0.4, -0.2) is 61.5 Å². The summed E-state index contributed by atoms with van der Waals surface area (Å²) < 4.78 is 0. The van der Waals surface area contributed by atoms with Gasteiger partial charge in [-0.3, -0.25) is 4.79 Å². The molecular weight excluding hydrogens is 304 g/mol. The summed E-state index contributed by atoms with van der Waals surface area (Å²) in [6.07, 6.45) is 2.54. The summed E-state index contributed by atoms with van der Waals surface area (Å²) in [5.41, 5.74) is 1.58. The third-order valence-corrected chi connectivity index (χ3v) is 4.98. The molecule has 2 N–H and O–H groups in total. The predicted molar refractivity (Wildman–Crippen MR) is 93.9 cm³/mol. The van der Waals surface area contributed by atoms with E-state index >= 15 is 0 Å². The molecule has 0 spiro atoms. The Bertz CT molecular complexity index is 613. The van der Waals surface area contributed by atoms with Crippen molar-refractivity contribution < 1.29 is 9.59 Å². The summed E-state index contributed by atoms with van der Waals surface area (Å²) in [6, 6.07) is 7.75. The fraction of sp³-hybridized carbons (Fsp3) is 0.556. The van der Waals surface area contributed by atoms with E-state index < -0.39 is 0 Å². The second kappa shape index (κ2) is 7.21. The maximum atomic E-state index is 12.8. The number of anilines is 1. The molecular formula is C18H26N4O2. The van der Waals surface area contributed by atoms with E-state index in [1.54, 1.807) is 19.0 Å². The molecule has 2 atom stereocenters. The van der Waals surface area contributed by atoms with E-state index in [1.807, 2.05) is 29.2 Å². The summed E-state index contributed by atoms with van der Waals surface area (Å²) in [7, 11) is 3.48. The first kappa shape index (κ1) is 16.8. The number of carbonyl (C=O) groups excluding carboxylic acids is 2. The van der Waals surface area contributed by atoms with Gasteiger partial charge in [-0.15, -0.1) is 0 Å². The first-order valence-corrected chi connectivity index (χ1v) is 8.61. The highest BCUT2D eigenvalue weighted by atomic mass is 16.2. The Morgan fingerprint density at radius 3 is 2.83 bits per heavy atom. The molecule has 2 bridgehead atoms. The number of piperidine rings is 1. The SMILES string of the molecule is CN(C)C(=O)Cc1ccccc1NC(=O)N1C[C@H]2CC[C@@H]1CNC2. The molecule has 3 heterocycles. The van der Waals surface area contributed by atoms with Gasteiger partial charge in [0.1, 0.15) is 0 Å². The predicted octanol–water partition coefficient (Wildman–Crippen LogP) is 1.53. The zero-order chi connectivity index (χ0) is 17.1. The zero-order valence-electron chi connectivity index (χ0n) is 14.4.